The van der Waals surface area contributed by atoms with Crippen LogP contribution in [0.4, 0.5) is 8.78 Å². The van der Waals surface area contributed by atoms with Crippen LogP contribution in [0, 0.1) is 17.6 Å². The average molecular weight is 271 g/mol. The fourth-order valence-corrected chi connectivity index (χ4v) is 2.10. The zero-order valence-corrected chi connectivity index (χ0v) is 12.1. The highest BCUT2D eigenvalue weighted by atomic mass is 19.1. The van der Waals surface area contributed by atoms with Gasteiger partial charge in [-0.05, 0) is 18.9 Å². The van der Waals surface area contributed by atoms with Crippen LogP contribution < -0.4 is 10.1 Å². The fraction of sp³-hybridized carbons (Fsp3) is 0.600. The molecule has 0 heterocycles. The molecule has 1 rings (SSSR count). The maximum atomic E-state index is 14.1. The van der Waals surface area contributed by atoms with Gasteiger partial charge in [-0.2, -0.15) is 0 Å². The molecule has 19 heavy (non-hydrogen) atoms. The predicted molar refractivity (Wildman–Crippen MR) is 73.4 cm³/mol. The molecule has 0 aliphatic carbocycles. The van der Waals surface area contributed by atoms with Crippen LogP contribution in [-0.2, 0) is 0 Å². The molecular weight excluding hydrogens is 248 g/mol. The molecule has 4 heteroatoms. The molecule has 0 aliphatic heterocycles. The van der Waals surface area contributed by atoms with Crippen molar-refractivity contribution in [3.05, 3.63) is 29.3 Å². The van der Waals surface area contributed by atoms with Crippen molar-refractivity contribution in [1.29, 1.82) is 0 Å². The summed E-state index contributed by atoms with van der Waals surface area (Å²) < 4.78 is 33.1. The quantitative estimate of drug-likeness (QED) is 0.807. The van der Waals surface area contributed by atoms with E-state index in [4.69, 9.17) is 4.74 Å². The summed E-state index contributed by atoms with van der Waals surface area (Å²) in [4.78, 5) is 0. The molecule has 2 nitrogen and oxygen atoms in total. The maximum absolute atomic E-state index is 14.1. The van der Waals surface area contributed by atoms with Gasteiger partial charge in [-0.1, -0.05) is 27.2 Å². The van der Waals surface area contributed by atoms with Crippen molar-refractivity contribution in [2.75, 3.05) is 13.7 Å². The van der Waals surface area contributed by atoms with E-state index in [0.29, 0.717) is 0 Å². The van der Waals surface area contributed by atoms with Gasteiger partial charge in [0.1, 0.15) is 17.4 Å². The first-order chi connectivity index (χ1) is 9.04. The summed E-state index contributed by atoms with van der Waals surface area (Å²) in [5.74, 6) is -0.738. The zero-order valence-electron chi connectivity index (χ0n) is 12.1. The Hall–Kier alpha value is -1.16. The van der Waals surface area contributed by atoms with Crippen LogP contribution >= 0.6 is 0 Å². The van der Waals surface area contributed by atoms with E-state index < -0.39 is 11.6 Å². The van der Waals surface area contributed by atoms with Crippen LogP contribution in [0.2, 0.25) is 0 Å². The molecule has 0 aliphatic rings. The van der Waals surface area contributed by atoms with E-state index in [1.54, 1.807) is 0 Å². The summed E-state index contributed by atoms with van der Waals surface area (Å²) in [6.07, 6.45) is 1.78. The molecule has 1 aromatic carbocycles. The number of hydrogen-bond donors (Lipinski definition) is 1. The molecule has 0 aromatic heterocycles. The lowest BCUT2D eigenvalue weighted by Crippen LogP contribution is -2.29. The number of benzene rings is 1. The molecule has 108 valence electrons. The van der Waals surface area contributed by atoms with Gasteiger partial charge in [0.25, 0.3) is 0 Å². The fourth-order valence-electron chi connectivity index (χ4n) is 2.10. The second-order valence-corrected chi connectivity index (χ2v) is 4.82. The standard InChI is InChI=1S/C15H23F2NO/c1-5-7-18-15(10(3)6-2)14-12(16)8-11(19-4)9-13(14)17/h8-10,15,18H,5-7H2,1-4H3. The Morgan fingerprint density at radius 2 is 1.79 bits per heavy atom. The molecule has 0 spiro atoms. The summed E-state index contributed by atoms with van der Waals surface area (Å²) in [6, 6.07) is 2.17. The Balaban J connectivity index is 3.14. The third-order valence-electron chi connectivity index (χ3n) is 3.43. The van der Waals surface area contributed by atoms with Gasteiger partial charge in [-0.3, -0.25) is 0 Å². The minimum absolute atomic E-state index is 0.114. The van der Waals surface area contributed by atoms with Crippen molar-refractivity contribution < 1.29 is 13.5 Å². The van der Waals surface area contributed by atoms with Crippen molar-refractivity contribution in [3.63, 3.8) is 0 Å². The van der Waals surface area contributed by atoms with Gasteiger partial charge in [-0.15, -0.1) is 0 Å². The maximum Gasteiger partial charge on any atom is 0.134 e. The summed E-state index contributed by atoms with van der Waals surface area (Å²) in [7, 11) is 1.40. The van der Waals surface area contributed by atoms with Crippen molar-refractivity contribution in [3.8, 4) is 5.75 Å². The van der Waals surface area contributed by atoms with Crippen LogP contribution in [0.15, 0.2) is 12.1 Å². The third kappa shape index (κ3) is 3.90. The molecular formula is C15H23F2NO. The van der Waals surface area contributed by atoms with E-state index in [-0.39, 0.29) is 23.3 Å². The largest absolute Gasteiger partial charge is 0.497 e. The van der Waals surface area contributed by atoms with Crippen LogP contribution in [0.1, 0.15) is 45.2 Å². The van der Waals surface area contributed by atoms with Crippen LogP contribution in [0.3, 0.4) is 0 Å². The van der Waals surface area contributed by atoms with Gasteiger partial charge in [0.05, 0.1) is 7.11 Å². The summed E-state index contributed by atoms with van der Waals surface area (Å²) in [6.45, 7) is 6.78. The van der Waals surface area contributed by atoms with Crippen molar-refractivity contribution in [2.45, 2.75) is 39.7 Å². The smallest absolute Gasteiger partial charge is 0.134 e. The van der Waals surface area contributed by atoms with E-state index in [1.807, 2.05) is 20.8 Å². The van der Waals surface area contributed by atoms with Crippen LogP contribution in [0.5, 0.6) is 5.75 Å². The first kappa shape index (κ1) is 15.9. The summed E-state index contributed by atoms with van der Waals surface area (Å²) in [5.41, 5.74) is 0.114. The van der Waals surface area contributed by atoms with Crippen molar-refractivity contribution in [2.24, 2.45) is 5.92 Å². The van der Waals surface area contributed by atoms with E-state index in [2.05, 4.69) is 5.32 Å². The number of methoxy groups -OCH3 is 1. The Morgan fingerprint density at radius 1 is 1.21 bits per heavy atom. The Labute approximate surface area is 114 Å². The lowest BCUT2D eigenvalue weighted by atomic mass is 9.91. The molecule has 1 aromatic rings. The van der Waals surface area contributed by atoms with Gasteiger partial charge in [0.2, 0.25) is 0 Å². The third-order valence-corrected chi connectivity index (χ3v) is 3.43. The minimum Gasteiger partial charge on any atom is -0.497 e. The summed E-state index contributed by atoms with van der Waals surface area (Å²) >= 11 is 0. The van der Waals surface area contributed by atoms with Gasteiger partial charge >= 0.3 is 0 Å². The van der Waals surface area contributed by atoms with Gasteiger partial charge in [-0.25, -0.2) is 8.78 Å². The van der Waals surface area contributed by atoms with E-state index in [9.17, 15) is 8.78 Å². The first-order valence-electron chi connectivity index (χ1n) is 6.81. The molecule has 2 atom stereocenters. The number of hydrogen-bond acceptors (Lipinski definition) is 2. The highest BCUT2D eigenvalue weighted by molar-refractivity contribution is 5.32. The Kier molecular flexibility index (Phi) is 6.22. The lowest BCUT2D eigenvalue weighted by Gasteiger charge is -2.26. The monoisotopic (exact) mass is 271 g/mol. The van der Waals surface area contributed by atoms with Crippen LogP contribution in [-0.4, -0.2) is 13.7 Å². The van der Waals surface area contributed by atoms with Crippen molar-refractivity contribution >= 4 is 0 Å². The number of rotatable bonds is 7. The normalized spacial score (nSPS) is 14.2. The topological polar surface area (TPSA) is 21.3 Å². The number of nitrogens with one attached hydrogen (secondary N) is 1. The molecule has 0 fully saturated rings. The first-order valence-corrected chi connectivity index (χ1v) is 6.81. The average Bonchev–Trinajstić information content (AvgIpc) is 2.40. The highest BCUT2D eigenvalue weighted by Crippen LogP contribution is 2.31. The molecule has 0 saturated heterocycles. The Bertz CT molecular complexity index is 386. The van der Waals surface area contributed by atoms with Gasteiger partial charge in [0.15, 0.2) is 0 Å². The lowest BCUT2D eigenvalue weighted by molar-refractivity contribution is 0.348. The van der Waals surface area contributed by atoms with E-state index in [0.717, 1.165) is 19.4 Å². The summed E-state index contributed by atoms with van der Waals surface area (Å²) in [5, 5.41) is 3.23. The highest BCUT2D eigenvalue weighted by Gasteiger charge is 2.25. The molecule has 0 radical (unpaired) electrons. The van der Waals surface area contributed by atoms with Gasteiger partial charge in [0, 0.05) is 23.7 Å². The van der Waals surface area contributed by atoms with Crippen molar-refractivity contribution in [1.82, 2.24) is 5.32 Å². The second kappa shape index (κ2) is 7.43. The predicted octanol–water partition coefficient (Wildman–Crippen LogP) is 4.06. The zero-order chi connectivity index (χ0) is 14.4. The number of halogens is 2. The molecule has 2 unspecified atom stereocenters. The molecule has 0 bridgehead atoms. The molecule has 0 amide bonds. The molecule has 0 saturated carbocycles. The minimum atomic E-state index is -0.550. The Morgan fingerprint density at radius 3 is 2.21 bits per heavy atom. The SMILES string of the molecule is CCCNC(c1c(F)cc(OC)cc1F)C(C)CC. The second-order valence-electron chi connectivity index (χ2n) is 4.82. The molecule has 1 N–H and O–H groups in total. The van der Waals surface area contributed by atoms with Gasteiger partial charge < -0.3 is 10.1 Å². The van der Waals surface area contributed by atoms with E-state index >= 15 is 0 Å². The van der Waals surface area contributed by atoms with E-state index in [1.165, 1.54) is 19.2 Å². The number of ether oxygens (including phenoxy) is 1. The van der Waals surface area contributed by atoms with Crippen LogP contribution in [0.25, 0.3) is 0 Å².